The van der Waals surface area contributed by atoms with Crippen LogP contribution >= 0.6 is 0 Å². The van der Waals surface area contributed by atoms with E-state index in [1.54, 1.807) is 20.1 Å². The Hall–Kier alpha value is -1.47. The van der Waals surface area contributed by atoms with Gasteiger partial charge in [0.2, 0.25) is 18.1 Å². The summed E-state index contributed by atoms with van der Waals surface area (Å²) in [6.45, 7) is 8.79. The van der Waals surface area contributed by atoms with E-state index in [0.29, 0.717) is 6.42 Å². The predicted octanol–water partition coefficient (Wildman–Crippen LogP) is -0.524. The lowest BCUT2D eigenvalue weighted by atomic mass is 10.0. The van der Waals surface area contributed by atoms with Crippen LogP contribution in [0.25, 0.3) is 0 Å². The molecule has 22 heavy (non-hydrogen) atoms. The van der Waals surface area contributed by atoms with E-state index in [9.17, 15) is 19.5 Å². The van der Waals surface area contributed by atoms with Crippen LogP contribution in [0, 0.1) is 11.8 Å². The Kier molecular flexibility index (Phi) is 8.89. The summed E-state index contributed by atoms with van der Waals surface area (Å²) < 4.78 is 0. The van der Waals surface area contributed by atoms with Crippen LogP contribution in [0.2, 0.25) is 0 Å². The Balaban J connectivity index is 4.84. The fraction of sp³-hybridized carbons (Fsp3) is 0.800. The predicted molar refractivity (Wildman–Crippen MR) is 83.5 cm³/mol. The summed E-state index contributed by atoms with van der Waals surface area (Å²) >= 11 is 0. The van der Waals surface area contributed by atoms with Crippen LogP contribution in [0.15, 0.2) is 0 Å². The topological polar surface area (TPSA) is 122 Å². The minimum absolute atomic E-state index is 0.198. The smallest absolute Gasteiger partial charge is 0.243 e. The first-order chi connectivity index (χ1) is 10.1. The van der Waals surface area contributed by atoms with Gasteiger partial charge >= 0.3 is 0 Å². The molecule has 0 aromatic heterocycles. The summed E-state index contributed by atoms with van der Waals surface area (Å²) in [4.78, 5) is 35.0. The average molecular weight is 314 g/mol. The van der Waals surface area contributed by atoms with Gasteiger partial charge in [0.1, 0.15) is 12.1 Å². The lowest BCUT2D eigenvalue weighted by molar-refractivity contribution is -0.132. The number of hydrogen-bond donors (Lipinski definition) is 4. The Morgan fingerprint density at radius 2 is 1.64 bits per heavy atom. The monoisotopic (exact) mass is 314 g/mol. The molecular formula is C15H28N3O4. The van der Waals surface area contributed by atoms with Gasteiger partial charge in [-0.1, -0.05) is 27.7 Å². The number of amides is 2. The molecule has 2 amide bonds. The zero-order valence-corrected chi connectivity index (χ0v) is 13.9. The van der Waals surface area contributed by atoms with E-state index < -0.39 is 36.0 Å². The maximum atomic E-state index is 12.3. The molecule has 0 saturated heterocycles. The third kappa shape index (κ3) is 7.00. The molecule has 0 aliphatic rings. The van der Waals surface area contributed by atoms with Crippen molar-refractivity contribution in [3.63, 3.8) is 0 Å². The number of carbonyl (C=O) groups is 2. The second kappa shape index (κ2) is 9.53. The molecule has 1 radical (unpaired) electrons. The molecule has 0 saturated carbocycles. The van der Waals surface area contributed by atoms with Gasteiger partial charge in [-0.25, -0.2) is 0 Å². The molecule has 7 heteroatoms. The van der Waals surface area contributed by atoms with Crippen molar-refractivity contribution in [2.45, 2.75) is 65.3 Å². The number of aliphatic hydroxyl groups is 1. The van der Waals surface area contributed by atoms with Gasteiger partial charge in [0.15, 0.2) is 0 Å². The molecule has 0 aromatic rings. The highest BCUT2D eigenvalue weighted by atomic mass is 16.3. The second-order valence-electron chi connectivity index (χ2n) is 6.31. The zero-order valence-electron chi connectivity index (χ0n) is 13.9. The number of rotatable bonds is 9. The summed E-state index contributed by atoms with van der Waals surface area (Å²) in [5, 5.41) is 14.4. The fourth-order valence-corrected chi connectivity index (χ4v) is 1.87. The highest BCUT2D eigenvalue weighted by Crippen LogP contribution is 2.07. The van der Waals surface area contributed by atoms with E-state index in [1.165, 1.54) is 6.92 Å². The first-order valence-corrected chi connectivity index (χ1v) is 7.52. The maximum absolute atomic E-state index is 12.3. The largest absolute Gasteiger partial charge is 0.391 e. The van der Waals surface area contributed by atoms with Gasteiger partial charge in [-0.3, -0.25) is 14.4 Å². The van der Waals surface area contributed by atoms with E-state index in [2.05, 4.69) is 10.6 Å². The second-order valence-corrected chi connectivity index (χ2v) is 6.31. The SMILES string of the molecule is CC(C)C[C@@H]([C]=O)NC(=O)[C@@H](NC(=O)[C@@H](N)C(C)O)C(C)C. The number of hydrogen-bond acceptors (Lipinski definition) is 5. The highest BCUT2D eigenvalue weighted by Gasteiger charge is 2.29. The van der Waals surface area contributed by atoms with Crippen molar-refractivity contribution in [3.8, 4) is 0 Å². The molecule has 0 bridgehead atoms. The first-order valence-electron chi connectivity index (χ1n) is 7.52. The summed E-state index contributed by atoms with van der Waals surface area (Å²) in [6.07, 6.45) is 1.25. The summed E-state index contributed by atoms with van der Waals surface area (Å²) in [5.74, 6) is -1.05. The molecule has 0 spiro atoms. The quantitative estimate of drug-likeness (QED) is 0.456. The zero-order chi connectivity index (χ0) is 17.4. The van der Waals surface area contributed by atoms with Crippen molar-refractivity contribution >= 4 is 18.1 Å². The molecule has 5 N–H and O–H groups in total. The molecular weight excluding hydrogens is 286 g/mol. The molecule has 0 aliphatic carbocycles. The number of aliphatic hydroxyl groups excluding tert-OH is 1. The van der Waals surface area contributed by atoms with Crippen LogP contribution in [-0.4, -0.2) is 47.4 Å². The van der Waals surface area contributed by atoms with Crippen molar-refractivity contribution in [1.82, 2.24) is 10.6 Å². The Morgan fingerprint density at radius 1 is 1.09 bits per heavy atom. The Bertz CT molecular complexity index is 383. The van der Waals surface area contributed by atoms with Gasteiger partial charge < -0.3 is 21.5 Å². The van der Waals surface area contributed by atoms with E-state index >= 15 is 0 Å². The van der Waals surface area contributed by atoms with Gasteiger partial charge in [0.25, 0.3) is 0 Å². The van der Waals surface area contributed by atoms with Crippen LogP contribution in [-0.2, 0) is 14.4 Å². The third-order valence-corrected chi connectivity index (χ3v) is 3.24. The molecule has 0 rings (SSSR count). The molecule has 7 nitrogen and oxygen atoms in total. The van der Waals surface area contributed by atoms with Crippen molar-refractivity contribution in [2.75, 3.05) is 0 Å². The van der Waals surface area contributed by atoms with Crippen LogP contribution in [0.4, 0.5) is 0 Å². The molecule has 0 heterocycles. The van der Waals surface area contributed by atoms with Crippen molar-refractivity contribution in [1.29, 1.82) is 0 Å². The molecule has 1 unspecified atom stereocenters. The molecule has 4 atom stereocenters. The van der Waals surface area contributed by atoms with E-state index in [-0.39, 0.29) is 11.8 Å². The molecule has 0 fully saturated rings. The van der Waals surface area contributed by atoms with Crippen LogP contribution < -0.4 is 16.4 Å². The highest BCUT2D eigenvalue weighted by molar-refractivity contribution is 5.91. The van der Waals surface area contributed by atoms with Crippen LogP contribution in [0.5, 0.6) is 0 Å². The Labute approximate surface area is 132 Å². The number of nitrogens with two attached hydrogens (primary N) is 1. The van der Waals surface area contributed by atoms with E-state index in [4.69, 9.17) is 5.73 Å². The van der Waals surface area contributed by atoms with Crippen molar-refractivity contribution in [3.05, 3.63) is 0 Å². The van der Waals surface area contributed by atoms with Gasteiger partial charge in [0, 0.05) is 0 Å². The number of nitrogens with one attached hydrogen (secondary N) is 2. The first kappa shape index (κ1) is 20.5. The summed E-state index contributed by atoms with van der Waals surface area (Å²) in [5.41, 5.74) is 5.55. The van der Waals surface area contributed by atoms with Crippen LogP contribution in [0.3, 0.4) is 0 Å². The number of carbonyl (C=O) groups excluding carboxylic acids is 3. The molecule has 127 valence electrons. The minimum Gasteiger partial charge on any atom is -0.391 e. The van der Waals surface area contributed by atoms with Gasteiger partial charge in [0.05, 0.1) is 12.1 Å². The Morgan fingerprint density at radius 3 is 2.00 bits per heavy atom. The van der Waals surface area contributed by atoms with E-state index in [0.717, 1.165) is 0 Å². The molecule has 0 aliphatic heterocycles. The average Bonchev–Trinajstić information content (AvgIpc) is 2.41. The van der Waals surface area contributed by atoms with E-state index in [1.807, 2.05) is 13.8 Å². The molecule has 0 aromatic carbocycles. The van der Waals surface area contributed by atoms with Crippen LogP contribution in [0.1, 0.15) is 41.0 Å². The van der Waals surface area contributed by atoms with Crippen molar-refractivity contribution < 1.29 is 19.5 Å². The third-order valence-electron chi connectivity index (χ3n) is 3.24. The van der Waals surface area contributed by atoms with Gasteiger partial charge in [-0.15, -0.1) is 0 Å². The normalized spacial score (nSPS) is 16.8. The lowest BCUT2D eigenvalue weighted by Gasteiger charge is -2.25. The van der Waals surface area contributed by atoms with Gasteiger partial charge in [-0.05, 0) is 25.2 Å². The summed E-state index contributed by atoms with van der Waals surface area (Å²) in [7, 11) is 0. The van der Waals surface area contributed by atoms with Gasteiger partial charge in [-0.2, -0.15) is 0 Å². The fourth-order valence-electron chi connectivity index (χ4n) is 1.87. The minimum atomic E-state index is -1.11. The van der Waals surface area contributed by atoms with Crippen molar-refractivity contribution in [2.24, 2.45) is 17.6 Å². The lowest BCUT2D eigenvalue weighted by Crippen LogP contribution is -2.57. The summed E-state index contributed by atoms with van der Waals surface area (Å²) in [6, 6.07) is -2.66. The maximum Gasteiger partial charge on any atom is 0.243 e. The standard InChI is InChI=1S/C15H28N3O4/c1-8(2)6-11(7-19)17-15(22)13(9(3)4)18-14(21)12(16)10(5)20/h8-13,20H,6,16H2,1-5H3,(H,17,22)(H,18,21)/t10?,11-,12-,13-/m0/s1.